The molecule has 1 aromatic carbocycles. The number of ether oxygens (including phenoxy) is 3. The smallest absolute Gasteiger partial charge is 0.344 e. The molecule has 2 rings (SSSR count). The van der Waals surface area contributed by atoms with E-state index in [2.05, 4.69) is 11.6 Å². The molecule has 1 N–H and O–H groups in total. The van der Waals surface area contributed by atoms with Gasteiger partial charge >= 0.3 is 5.97 Å². The van der Waals surface area contributed by atoms with Crippen molar-refractivity contribution in [3.63, 3.8) is 0 Å². The molecule has 0 unspecified atom stereocenters. The first-order valence-corrected chi connectivity index (χ1v) is 10.3. The van der Waals surface area contributed by atoms with Crippen molar-refractivity contribution in [3.8, 4) is 11.5 Å². The second-order valence-corrected chi connectivity index (χ2v) is 7.29. The minimum Gasteiger partial charge on any atom is -0.506 e. The number of halogens is 1. The van der Waals surface area contributed by atoms with E-state index in [4.69, 9.17) is 25.8 Å². The molecule has 1 aliphatic heterocycles. The first-order valence-electron chi connectivity index (χ1n) is 9.09. The highest BCUT2D eigenvalue weighted by Gasteiger charge is 2.33. The Bertz CT molecular complexity index is 951. The number of thioether (sulfide) groups is 1. The zero-order chi connectivity index (χ0) is 22.3. The van der Waals surface area contributed by atoms with E-state index in [1.165, 1.54) is 7.11 Å². The average Bonchev–Trinajstić information content (AvgIpc) is 3.01. The first kappa shape index (κ1) is 23.6. The summed E-state index contributed by atoms with van der Waals surface area (Å²) in [6.45, 7) is 7.27. The van der Waals surface area contributed by atoms with Gasteiger partial charge in [-0.2, -0.15) is 0 Å². The van der Waals surface area contributed by atoms with E-state index in [1.54, 1.807) is 38.1 Å². The van der Waals surface area contributed by atoms with Crippen molar-refractivity contribution in [2.45, 2.75) is 20.3 Å². The number of amides is 1. The number of esters is 1. The molecule has 0 radical (unpaired) electrons. The Morgan fingerprint density at radius 3 is 2.67 bits per heavy atom. The summed E-state index contributed by atoms with van der Waals surface area (Å²) in [6.07, 6.45) is 3.35. The number of benzene rings is 1. The first-order chi connectivity index (χ1) is 14.4. The van der Waals surface area contributed by atoms with Crippen LogP contribution in [0.3, 0.4) is 0 Å². The van der Waals surface area contributed by atoms with Crippen LogP contribution in [0, 0.1) is 0 Å². The van der Waals surface area contributed by atoms with E-state index in [-0.39, 0.29) is 36.0 Å². The topological polar surface area (TPSA) is 94.4 Å². The normalized spacial score (nSPS) is 16.1. The van der Waals surface area contributed by atoms with Crippen LogP contribution in [-0.2, 0) is 14.3 Å². The largest absolute Gasteiger partial charge is 0.506 e. The Kier molecular flexibility index (Phi) is 8.56. The predicted molar refractivity (Wildman–Crippen MR) is 118 cm³/mol. The van der Waals surface area contributed by atoms with Gasteiger partial charge in [-0.25, -0.2) is 9.79 Å². The van der Waals surface area contributed by atoms with Crippen LogP contribution < -0.4 is 9.47 Å². The Morgan fingerprint density at radius 1 is 1.33 bits per heavy atom. The summed E-state index contributed by atoms with van der Waals surface area (Å²) in [7, 11) is 1.48. The van der Waals surface area contributed by atoms with Crippen LogP contribution >= 0.6 is 23.4 Å². The third kappa shape index (κ3) is 5.46. The Labute approximate surface area is 184 Å². The summed E-state index contributed by atoms with van der Waals surface area (Å²) in [5.41, 5.74) is 0.446. The lowest BCUT2D eigenvalue weighted by Crippen LogP contribution is -2.14. The van der Waals surface area contributed by atoms with Crippen molar-refractivity contribution < 1.29 is 28.9 Å². The molecule has 0 aromatic heterocycles. The molecule has 0 fully saturated rings. The fourth-order valence-electron chi connectivity index (χ4n) is 2.44. The van der Waals surface area contributed by atoms with E-state index in [0.29, 0.717) is 27.0 Å². The van der Waals surface area contributed by atoms with Gasteiger partial charge in [0.05, 0.1) is 23.6 Å². The second kappa shape index (κ2) is 10.9. The summed E-state index contributed by atoms with van der Waals surface area (Å²) in [5.74, 6) is -0.728. The maximum Gasteiger partial charge on any atom is 0.344 e. The summed E-state index contributed by atoms with van der Waals surface area (Å²) in [6, 6.07) is 3.29. The zero-order valence-electron chi connectivity index (χ0n) is 16.9. The highest BCUT2D eigenvalue weighted by atomic mass is 35.5. The maximum atomic E-state index is 12.3. The van der Waals surface area contributed by atoms with Crippen LogP contribution in [0.25, 0.3) is 6.08 Å². The summed E-state index contributed by atoms with van der Waals surface area (Å²) in [4.78, 5) is 28.3. The van der Waals surface area contributed by atoms with E-state index < -0.39 is 11.9 Å². The minimum atomic E-state index is -0.752. The van der Waals surface area contributed by atoms with Crippen molar-refractivity contribution >= 4 is 46.4 Å². The number of hydrogen-bond acceptors (Lipinski definition) is 7. The van der Waals surface area contributed by atoms with Crippen molar-refractivity contribution in [2.75, 3.05) is 20.3 Å². The molecule has 0 bridgehead atoms. The average molecular weight is 452 g/mol. The number of aliphatic hydroxyl groups is 1. The number of hydrogen-bond donors (Lipinski definition) is 1. The Balaban J connectivity index is 2.51. The molecule has 7 nitrogen and oxygen atoms in total. The fraction of sp³-hybridized carbons (Fsp3) is 0.286. The van der Waals surface area contributed by atoms with Gasteiger partial charge in [-0.05, 0) is 30.7 Å². The van der Waals surface area contributed by atoms with Crippen LogP contribution in [0.4, 0.5) is 0 Å². The van der Waals surface area contributed by atoms with E-state index in [0.717, 1.165) is 11.8 Å². The molecule has 0 spiro atoms. The van der Waals surface area contributed by atoms with Gasteiger partial charge in [0.15, 0.2) is 11.5 Å². The minimum absolute atomic E-state index is 0.0908. The van der Waals surface area contributed by atoms with E-state index in [9.17, 15) is 14.7 Å². The van der Waals surface area contributed by atoms with Crippen LogP contribution in [0.5, 0.6) is 11.5 Å². The number of carbonyl (C=O) groups excluding carboxylic acids is 2. The number of aliphatic imine (C=N–C) groups is 1. The quantitative estimate of drug-likeness (QED) is 0.451. The molecule has 1 aromatic rings. The molecule has 1 heterocycles. The van der Waals surface area contributed by atoms with Crippen LogP contribution in [-0.4, -0.2) is 42.4 Å². The second-order valence-electron chi connectivity index (χ2n) is 5.85. The third-order valence-corrected chi connectivity index (χ3v) is 5.09. The van der Waals surface area contributed by atoms with Crippen molar-refractivity contribution in [3.05, 3.63) is 51.6 Å². The number of aliphatic hydroxyl groups excluding tert-OH is 1. The van der Waals surface area contributed by atoms with Gasteiger partial charge in [-0.3, -0.25) is 4.79 Å². The molecule has 30 heavy (non-hydrogen) atoms. The van der Waals surface area contributed by atoms with E-state index >= 15 is 0 Å². The Hall–Kier alpha value is -2.71. The predicted octanol–water partition coefficient (Wildman–Crippen LogP) is 4.71. The molecular weight excluding hydrogens is 430 g/mol. The summed E-state index contributed by atoms with van der Waals surface area (Å²) in [5, 5.41) is 11.0. The molecule has 9 heteroatoms. The van der Waals surface area contributed by atoms with Gasteiger partial charge in [-0.1, -0.05) is 42.9 Å². The molecular formula is C21H22ClNO6S. The number of rotatable bonds is 8. The van der Waals surface area contributed by atoms with Crippen molar-refractivity contribution in [2.24, 2.45) is 4.99 Å². The van der Waals surface area contributed by atoms with Gasteiger partial charge in [0.2, 0.25) is 5.91 Å². The highest BCUT2D eigenvalue weighted by molar-refractivity contribution is 8.18. The van der Waals surface area contributed by atoms with Gasteiger partial charge in [0.1, 0.15) is 23.0 Å². The van der Waals surface area contributed by atoms with E-state index in [1.807, 2.05) is 0 Å². The maximum absolute atomic E-state index is 12.3. The number of carbonyl (C=O) groups is 2. The van der Waals surface area contributed by atoms with Gasteiger partial charge in [0, 0.05) is 6.42 Å². The van der Waals surface area contributed by atoms with Crippen LogP contribution in [0.1, 0.15) is 25.8 Å². The summed E-state index contributed by atoms with van der Waals surface area (Å²) < 4.78 is 15.9. The lowest BCUT2D eigenvalue weighted by molar-refractivity contribution is -0.138. The molecule has 1 aliphatic rings. The lowest BCUT2D eigenvalue weighted by Gasteiger charge is -2.12. The molecule has 1 amide bonds. The van der Waals surface area contributed by atoms with Crippen molar-refractivity contribution in [1.82, 2.24) is 0 Å². The van der Waals surface area contributed by atoms with Crippen LogP contribution in [0.15, 0.2) is 46.0 Å². The number of methoxy groups -OCH3 is 1. The SMILES string of the molecule is C=CCOc1c(Cl)cc(/C=C2\SC(=NC(=O)CC)C(C(=O)OCC)=C2O)cc1OC. The zero-order valence-corrected chi connectivity index (χ0v) is 18.4. The Morgan fingerprint density at radius 2 is 2.07 bits per heavy atom. The molecule has 0 saturated heterocycles. The van der Waals surface area contributed by atoms with Crippen molar-refractivity contribution in [1.29, 1.82) is 0 Å². The van der Waals surface area contributed by atoms with Gasteiger partial charge < -0.3 is 19.3 Å². The molecule has 0 atom stereocenters. The summed E-state index contributed by atoms with van der Waals surface area (Å²) >= 11 is 7.31. The van der Waals surface area contributed by atoms with Gasteiger partial charge in [0.25, 0.3) is 0 Å². The molecule has 0 saturated carbocycles. The fourth-order valence-corrected chi connectivity index (χ4v) is 3.75. The lowest BCUT2D eigenvalue weighted by atomic mass is 10.1. The van der Waals surface area contributed by atoms with Gasteiger partial charge in [-0.15, -0.1) is 0 Å². The number of nitrogens with zero attached hydrogens (tertiary/aromatic N) is 1. The molecule has 160 valence electrons. The monoisotopic (exact) mass is 451 g/mol. The molecule has 0 aliphatic carbocycles. The third-order valence-electron chi connectivity index (χ3n) is 3.79. The van der Waals surface area contributed by atoms with Crippen LogP contribution in [0.2, 0.25) is 5.02 Å². The standard InChI is InChI=1S/C21H22ClNO6S/c1-5-8-29-19-13(22)9-12(10-14(19)27-4)11-15-18(25)17(21(26)28-7-3)20(30-15)23-16(24)6-2/h5,9-11,25H,1,6-8H2,2-4H3/b15-11-,23-20?. The highest BCUT2D eigenvalue weighted by Crippen LogP contribution is 2.41.